The normalized spacial score (nSPS) is 10.5. The highest BCUT2D eigenvalue weighted by Crippen LogP contribution is 2.29. The third kappa shape index (κ3) is 1.90. The first kappa shape index (κ1) is 10.2. The van der Waals surface area contributed by atoms with Crippen molar-refractivity contribution in [3.8, 4) is 11.1 Å². The molecule has 0 amide bonds. The van der Waals surface area contributed by atoms with Gasteiger partial charge in [0.2, 0.25) is 0 Å². The van der Waals surface area contributed by atoms with Crippen molar-refractivity contribution in [1.82, 2.24) is 10.2 Å². The summed E-state index contributed by atoms with van der Waals surface area (Å²) in [4.78, 5) is 0. The lowest BCUT2D eigenvalue weighted by molar-refractivity contribution is 0.978. The zero-order valence-corrected chi connectivity index (χ0v) is 10.0. The second-order valence-corrected chi connectivity index (χ2v) is 4.24. The van der Waals surface area contributed by atoms with Crippen molar-refractivity contribution in [1.29, 1.82) is 0 Å². The number of hydrogen-bond acceptors (Lipinski definition) is 2. The summed E-state index contributed by atoms with van der Waals surface area (Å²) in [5.41, 5.74) is 9.02. The molecule has 0 bridgehead atoms. The van der Waals surface area contributed by atoms with E-state index in [0.717, 1.165) is 27.7 Å². The highest BCUT2D eigenvalue weighted by atomic mass is 79.9. The molecule has 4 heteroatoms. The number of halogens is 1. The average Bonchev–Trinajstić information content (AvgIpc) is 2.59. The molecule has 78 valence electrons. The Morgan fingerprint density at radius 2 is 2.27 bits per heavy atom. The Bertz CT molecular complexity index is 476. The summed E-state index contributed by atoms with van der Waals surface area (Å²) in [6, 6.07) is 8.06. The fourth-order valence-electron chi connectivity index (χ4n) is 1.62. The lowest BCUT2D eigenvalue weighted by Gasteiger charge is -2.02. The molecule has 2 rings (SSSR count). The molecule has 0 aliphatic heterocycles. The Morgan fingerprint density at radius 1 is 1.47 bits per heavy atom. The number of anilines is 1. The van der Waals surface area contributed by atoms with E-state index in [1.54, 1.807) is 0 Å². The maximum Gasteiger partial charge on any atom is 0.153 e. The molecule has 1 aromatic carbocycles. The van der Waals surface area contributed by atoms with Gasteiger partial charge in [0.25, 0.3) is 0 Å². The summed E-state index contributed by atoms with van der Waals surface area (Å²) < 4.78 is 1.04. The molecular formula is C11H12BrN3. The summed E-state index contributed by atoms with van der Waals surface area (Å²) in [5, 5.41) is 6.98. The van der Waals surface area contributed by atoms with Crippen LogP contribution in [0, 0.1) is 0 Å². The van der Waals surface area contributed by atoms with Crippen LogP contribution in [-0.2, 0) is 6.42 Å². The van der Waals surface area contributed by atoms with E-state index in [4.69, 9.17) is 5.73 Å². The van der Waals surface area contributed by atoms with Gasteiger partial charge >= 0.3 is 0 Å². The second-order valence-electron chi connectivity index (χ2n) is 3.33. The van der Waals surface area contributed by atoms with E-state index in [1.807, 2.05) is 24.3 Å². The molecule has 0 fully saturated rings. The van der Waals surface area contributed by atoms with Crippen LogP contribution < -0.4 is 5.73 Å². The van der Waals surface area contributed by atoms with Gasteiger partial charge in [0.1, 0.15) is 0 Å². The van der Waals surface area contributed by atoms with Crippen molar-refractivity contribution in [3.05, 3.63) is 34.4 Å². The largest absolute Gasteiger partial charge is 0.382 e. The van der Waals surface area contributed by atoms with Crippen LogP contribution in [0.5, 0.6) is 0 Å². The molecule has 1 aromatic heterocycles. The Balaban J connectivity index is 2.57. The summed E-state index contributed by atoms with van der Waals surface area (Å²) >= 11 is 3.45. The number of rotatable bonds is 2. The summed E-state index contributed by atoms with van der Waals surface area (Å²) in [6.07, 6.45) is 0.895. The van der Waals surface area contributed by atoms with Gasteiger partial charge < -0.3 is 5.73 Å². The SMILES string of the molecule is CCc1[nH]nc(N)c1-c1cccc(Br)c1. The molecule has 0 aliphatic rings. The van der Waals surface area contributed by atoms with E-state index in [1.165, 1.54) is 0 Å². The van der Waals surface area contributed by atoms with Gasteiger partial charge in [-0.3, -0.25) is 5.10 Å². The Hall–Kier alpha value is -1.29. The second kappa shape index (κ2) is 4.06. The zero-order chi connectivity index (χ0) is 10.8. The predicted molar refractivity (Wildman–Crippen MR) is 65.5 cm³/mol. The third-order valence-electron chi connectivity index (χ3n) is 2.34. The first-order valence-electron chi connectivity index (χ1n) is 4.81. The van der Waals surface area contributed by atoms with Crippen molar-refractivity contribution >= 4 is 21.7 Å². The minimum absolute atomic E-state index is 0.560. The zero-order valence-electron chi connectivity index (χ0n) is 8.42. The van der Waals surface area contributed by atoms with Gasteiger partial charge in [0, 0.05) is 15.7 Å². The molecule has 3 nitrogen and oxygen atoms in total. The third-order valence-corrected chi connectivity index (χ3v) is 2.83. The number of aromatic amines is 1. The lowest BCUT2D eigenvalue weighted by Crippen LogP contribution is -1.89. The van der Waals surface area contributed by atoms with Crippen LogP contribution in [0.1, 0.15) is 12.6 Å². The number of nitrogens with one attached hydrogen (secondary N) is 1. The van der Waals surface area contributed by atoms with Crippen molar-refractivity contribution in [2.75, 3.05) is 5.73 Å². The summed E-state index contributed by atoms with van der Waals surface area (Å²) in [5.74, 6) is 0.560. The number of aromatic nitrogens is 2. The molecule has 0 saturated heterocycles. The van der Waals surface area contributed by atoms with E-state index in [9.17, 15) is 0 Å². The number of benzene rings is 1. The number of nitrogen functional groups attached to an aromatic ring is 1. The van der Waals surface area contributed by atoms with E-state index >= 15 is 0 Å². The molecule has 2 aromatic rings. The minimum Gasteiger partial charge on any atom is -0.382 e. The monoisotopic (exact) mass is 265 g/mol. The van der Waals surface area contributed by atoms with E-state index < -0.39 is 0 Å². The highest BCUT2D eigenvalue weighted by Gasteiger charge is 2.11. The van der Waals surface area contributed by atoms with Crippen molar-refractivity contribution < 1.29 is 0 Å². The average molecular weight is 266 g/mol. The van der Waals surface area contributed by atoms with Gasteiger partial charge in [-0.05, 0) is 24.1 Å². The first-order chi connectivity index (χ1) is 7.22. The Morgan fingerprint density at radius 3 is 2.93 bits per heavy atom. The quantitative estimate of drug-likeness (QED) is 0.877. The van der Waals surface area contributed by atoms with Crippen molar-refractivity contribution in [2.24, 2.45) is 0 Å². The van der Waals surface area contributed by atoms with Crippen LogP contribution in [0.2, 0.25) is 0 Å². The Kier molecular flexibility index (Phi) is 2.77. The molecule has 3 N–H and O–H groups in total. The van der Waals surface area contributed by atoms with E-state index in [0.29, 0.717) is 5.82 Å². The predicted octanol–water partition coefficient (Wildman–Crippen LogP) is 2.98. The topological polar surface area (TPSA) is 54.7 Å². The number of nitrogens with zero attached hydrogens (tertiary/aromatic N) is 1. The van der Waals surface area contributed by atoms with Gasteiger partial charge in [-0.25, -0.2) is 0 Å². The summed E-state index contributed by atoms with van der Waals surface area (Å²) in [6.45, 7) is 2.08. The molecule has 0 aliphatic carbocycles. The van der Waals surface area contributed by atoms with Crippen LogP contribution in [-0.4, -0.2) is 10.2 Å². The molecular weight excluding hydrogens is 254 g/mol. The fourth-order valence-corrected chi connectivity index (χ4v) is 2.02. The van der Waals surface area contributed by atoms with Crippen LogP contribution in [0.25, 0.3) is 11.1 Å². The lowest BCUT2D eigenvalue weighted by atomic mass is 10.0. The van der Waals surface area contributed by atoms with Crippen molar-refractivity contribution in [3.63, 3.8) is 0 Å². The molecule has 0 saturated carbocycles. The van der Waals surface area contributed by atoms with Gasteiger partial charge in [-0.1, -0.05) is 35.0 Å². The van der Waals surface area contributed by atoms with E-state index in [-0.39, 0.29) is 0 Å². The maximum atomic E-state index is 5.84. The maximum absolute atomic E-state index is 5.84. The van der Waals surface area contributed by atoms with Gasteiger partial charge in [0.05, 0.1) is 0 Å². The number of aryl methyl sites for hydroxylation is 1. The molecule has 0 atom stereocenters. The molecule has 0 unspecified atom stereocenters. The molecule has 0 spiro atoms. The Labute approximate surface area is 96.8 Å². The van der Waals surface area contributed by atoms with Gasteiger partial charge in [-0.15, -0.1) is 0 Å². The number of hydrogen-bond donors (Lipinski definition) is 2. The van der Waals surface area contributed by atoms with Crippen LogP contribution in [0.4, 0.5) is 5.82 Å². The fraction of sp³-hybridized carbons (Fsp3) is 0.182. The number of nitrogens with two attached hydrogens (primary N) is 1. The van der Waals surface area contributed by atoms with Crippen molar-refractivity contribution in [2.45, 2.75) is 13.3 Å². The van der Waals surface area contributed by atoms with Crippen LogP contribution in [0.3, 0.4) is 0 Å². The first-order valence-corrected chi connectivity index (χ1v) is 5.60. The van der Waals surface area contributed by atoms with Gasteiger partial charge in [0.15, 0.2) is 5.82 Å². The molecule has 0 radical (unpaired) electrons. The van der Waals surface area contributed by atoms with Gasteiger partial charge in [-0.2, -0.15) is 5.10 Å². The number of H-pyrrole nitrogens is 1. The smallest absolute Gasteiger partial charge is 0.153 e. The molecule has 1 heterocycles. The highest BCUT2D eigenvalue weighted by molar-refractivity contribution is 9.10. The van der Waals surface area contributed by atoms with Crippen LogP contribution in [0.15, 0.2) is 28.7 Å². The minimum atomic E-state index is 0.560. The standard InChI is InChI=1S/C11H12BrN3/c1-2-9-10(11(13)15-14-9)7-4-3-5-8(12)6-7/h3-6H,2H2,1H3,(H3,13,14,15). The van der Waals surface area contributed by atoms with E-state index in [2.05, 4.69) is 33.1 Å². The molecule has 15 heavy (non-hydrogen) atoms. The summed E-state index contributed by atoms with van der Waals surface area (Å²) in [7, 11) is 0. The van der Waals surface area contributed by atoms with Crippen LogP contribution >= 0.6 is 15.9 Å².